The molecule has 4 rings (SSSR count). The number of piperazine rings is 1. The van der Waals surface area contributed by atoms with E-state index in [-0.39, 0.29) is 18.2 Å². The molecule has 9 nitrogen and oxygen atoms in total. The summed E-state index contributed by atoms with van der Waals surface area (Å²) >= 11 is 0. The number of carbonyl (C=O) groups excluding carboxylic acids is 2. The number of methoxy groups -OCH3 is 2. The minimum atomic E-state index is -0.498. The number of carbonyl (C=O) groups is 2. The third-order valence-corrected chi connectivity index (χ3v) is 7.47. The van der Waals surface area contributed by atoms with Gasteiger partial charge in [-0.25, -0.2) is 9.59 Å². The molecule has 0 bridgehead atoms. The number of likely N-dealkylation sites (N-methyl/N-ethyl adjacent to an activating group) is 1. The summed E-state index contributed by atoms with van der Waals surface area (Å²) in [6.07, 6.45) is 2.77. The standard InChI is InChI=1S/C28H39N5O4/c1-31-13-15-32(16-14-31)26-12-7-22(18-25(26)30-27(34)36-2)21-6-4-5-20(17-21)19-33(28(35)37-3)24-10-8-23(29)9-11-24/h4-7,12,17-18,23-24H,8-11,13-16,19,29H2,1-3H3,(H,30,34). The molecule has 2 aromatic rings. The molecule has 0 unspecified atom stereocenters. The van der Waals surface area contributed by atoms with Gasteiger partial charge in [0.15, 0.2) is 0 Å². The number of hydrogen-bond donors (Lipinski definition) is 2. The van der Waals surface area contributed by atoms with Gasteiger partial charge in [0.25, 0.3) is 0 Å². The normalized spacial score (nSPS) is 20.3. The van der Waals surface area contributed by atoms with Crippen molar-refractivity contribution in [2.24, 2.45) is 5.73 Å². The van der Waals surface area contributed by atoms with Gasteiger partial charge in [-0.05, 0) is 67.6 Å². The number of amides is 2. The van der Waals surface area contributed by atoms with E-state index in [1.807, 2.05) is 29.2 Å². The number of hydrogen-bond acceptors (Lipinski definition) is 7. The van der Waals surface area contributed by atoms with Crippen LogP contribution in [0.15, 0.2) is 42.5 Å². The smallest absolute Gasteiger partial charge is 0.411 e. The van der Waals surface area contributed by atoms with Crippen LogP contribution >= 0.6 is 0 Å². The summed E-state index contributed by atoms with van der Waals surface area (Å²) in [5.74, 6) is 0. The Hall–Kier alpha value is -3.30. The molecule has 2 amide bonds. The Morgan fingerprint density at radius 3 is 2.35 bits per heavy atom. The molecule has 200 valence electrons. The predicted octanol–water partition coefficient (Wildman–Crippen LogP) is 4.12. The zero-order valence-electron chi connectivity index (χ0n) is 22.1. The van der Waals surface area contributed by atoms with E-state index in [1.165, 1.54) is 14.2 Å². The highest BCUT2D eigenvalue weighted by Crippen LogP contribution is 2.33. The lowest BCUT2D eigenvalue weighted by Gasteiger charge is -2.35. The number of ether oxygens (including phenoxy) is 2. The van der Waals surface area contributed by atoms with E-state index in [0.717, 1.165) is 74.2 Å². The summed E-state index contributed by atoms with van der Waals surface area (Å²) in [7, 11) is 4.91. The third-order valence-electron chi connectivity index (χ3n) is 7.47. The monoisotopic (exact) mass is 509 g/mol. The quantitative estimate of drug-likeness (QED) is 0.604. The molecular formula is C28H39N5O4. The molecule has 2 aliphatic rings. The van der Waals surface area contributed by atoms with Crippen molar-refractivity contribution in [1.29, 1.82) is 0 Å². The van der Waals surface area contributed by atoms with Gasteiger partial charge in [0.2, 0.25) is 0 Å². The summed E-state index contributed by atoms with van der Waals surface area (Å²) in [6, 6.07) is 14.6. The number of nitrogens with one attached hydrogen (secondary N) is 1. The fourth-order valence-corrected chi connectivity index (χ4v) is 5.22. The first-order valence-corrected chi connectivity index (χ1v) is 13.0. The minimum absolute atomic E-state index is 0.120. The summed E-state index contributed by atoms with van der Waals surface area (Å²) in [5.41, 5.74) is 10.8. The molecule has 0 radical (unpaired) electrons. The first kappa shape index (κ1) is 26.8. The minimum Gasteiger partial charge on any atom is -0.453 e. The molecule has 1 saturated heterocycles. The lowest BCUT2D eigenvalue weighted by Crippen LogP contribution is -2.44. The summed E-state index contributed by atoms with van der Waals surface area (Å²) in [6.45, 7) is 4.16. The Balaban J connectivity index is 1.58. The van der Waals surface area contributed by atoms with E-state index in [4.69, 9.17) is 15.2 Å². The lowest BCUT2D eigenvalue weighted by atomic mass is 9.90. The summed E-state index contributed by atoms with van der Waals surface area (Å²) in [5, 5.41) is 2.90. The number of rotatable bonds is 6. The maximum absolute atomic E-state index is 12.6. The average molecular weight is 510 g/mol. The van der Waals surface area contributed by atoms with Crippen LogP contribution in [0.3, 0.4) is 0 Å². The van der Waals surface area contributed by atoms with Gasteiger partial charge in [0.1, 0.15) is 0 Å². The van der Waals surface area contributed by atoms with Gasteiger partial charge >= 0.3 is 12.2 Å². The molecule has 0 spiro atoms. The van der Waals surface area contributed by atoms with Crippen molar-refractivity contribution >= 4 is 23.6 Å². The Kier molecular flexibility index (Phi) is 8.89. The maximum atomic E-state index is 12.6. The van der Waals surface area contributed by atoms with Crippen LogP contribution in [0.4, 0.5) is 21.0 Å². The zero-order valence-corrected chi connectivity index (χ0v) is 22.1. The molecule has 1 aliphatic heterocycles. The van der Waals surface area contributed by atoms with Crippen molar-refractivity contribution < 1.29 is 19.1 Å². The first-order valence-electron chi connectivity index (χ1n) is 13.0. The lowest BCUT2D eigenvalue weighted by molar-refractivity contribution is 0.0879. The molecule has 9 heteroatoms. The van der Waals surface area contributed by atoms with Crippen LogP contribution in [0.5, 0.6) is 0 Å². The maximum Gasteiger partial charge on any atom is 0.411 e. The highest BCUT2D eigenvalue weighted by Gasteiger charge is 2.28. The van der Waals surface area contributed by atoms with E-state index in [2.05, 4.69) is 40.4 Å². The van der Waals surface area contributed by atoms with Gasteiger partial charge in [-0.3, -0.25) is 5.32 Å². The molecule has 0 aromatic heterocycles. The van der Waals surface area contributed by atoms with Crippen LogP contribution in [0, 0.1) is 0 Å². The van der Waals surface area contributed by atoms with Crippen molar-refractivity contribution in [3.8, 4) is 11.1 Å². The SMILES string of the molecule is COC(=O)Nc1cc(-c2cccc(CN(C(=O)OC)C3CCC(N)CC3)c2)ccc1N1CCN(C)CC1. The van der Waals surface area contributed by atoms with Gasteiger partial charge in [-0.2, -0.15) is 0 Å². The number of nitrogens with two attached hydrogens (primary N) is 1. The van der Waals surface area contributed by atoms with E-state index >= 15 is 0 Å². The summed E-state index contributed by atoms with van der Waals surface area (Å²) in [4.78, 5) is 31.2. The highest BCUT2D eigenvalue weighted by molar-refractivity contribution is 5.91. The number of anilines is 2. The second-order valence-corrected chi connectivity index (χ2v) is 10.0. The van der Waals surface area contributed by atoms with Crippen LogP contribution in [0.1, 0.15) is 31.2 Å². The largest absolute Gasteiger partial charge is 0.453 e. The molecule has 2 aromatic carbocycles. The molecular weight excluding hydrogens is 470 g/mol. The van der Waals surface area contributed by atoms with Crippen molar-refractivity contribution in [2.75, 3.05) is 57.7 Å². The second-order valence-electron chi connectivity index (χ2n) is 10.0. The van der Waals surface area contributed by atoms with Crippen LogP contribution in [-0.2, 0) is 16.0 Å². The van der Waals surface area contributed by atoms with Gasteiger partial charge in [-0.1, -0.05) is 24.3 Å². The van der Waals surface area contributed by atoms with Crippen LogP contribution in [-0.4, -0.2) is 81.5 Å². The first-order chi connectivity index (χ1) is 17.9. The van der Waals surface area contributed by atoms with E-state index in [9.17, 15) is 9.59 Å². The Bertz CT molecular complexity index is 1080. The fourth-order valence-electron chi connectivity index (χ4n) is 5.22. The van der Waals surface area contributed by atoms with Crippen LogP contribution < -0.4 is 16.0 Å². The van der Waals surface area contributed by atoms with Crippen molar-refractivity contribution in [1.82, 2.24) is 9.80 Å². The molecule has 1 aliphatic carbocycles. The van der Waals surface area contributed by atoms with Crippen molar-refractivity contribution in [3.63, 3.8) is 0 Å². The highest BCUT2D eigenvalue weighted by atomic mass is 16.5. The van der Waals surface area contributed by atoms with Gasteiger partial charge in [-0.15, -0.1) is 0 Å². The molecule has 1 saturated carbocycles. The second kappa shape index (κ2) is 12.3. The van der Waals surface area contributed by atoms with E-state index in [0.29, 0.717) is 12.2 Å². The molecule has 37 heavy (non-hydrogen) atoms. The Morgan fingerprint density at radius 2 is 1.68 bits per heavy atom. The Labute approximate surface area is 219 Å². The Morgan fingerprint density at radius 1 is 0.973 bits per heavy atom. The van der Waals surface area contributed by atoms with Crippen molar-refractivity contribution in [2.45, 2.75) is 44.3 Å². The zero-order chi connectivity index (χ0) is 26.4. The van der Waals surface area contributed by atoms with Crippen LogP contribution in [0.2, 0.25) is 0 Å². The van der Waals surface area contributed by atoms with Gasteiger partial charge < -0.3 is 29.9 Å². The van der Waals surface area contributed by atoms with Crippen LogP contribution in [0.25, 0.3) is 11.1 Å². The third kappa shape index (κ3) is 6.72. The molecule has 1 heterocycles. The topological polar surface area (TPSA) is 100 Å². The number of nitrogens with zero attached hydrogens (tertiary/aromatic N) is 3. The van der Waals surface area contributed by atoms with E-state index < -0.39 is 6.09 Å². The fraction of sp³-hybridized carbons (Fsp3) is 0.500. The van der Waals surface area contributed by atoms with Crippen molar-refractivity contribution in [3.05, 3.63) is 48.0 Å². The summed E-state index contributed by atoms with van der Waals surface area (Å²) < 4.78 is 10.0. The molecule has 0 atom stereocenters. The molecule has 3 N–H and O–H groups in total. The van der Waals surface area contributed by atoms with Gasteiger partial charge in [0.05, 0.1) is 25.6 Å². The average Bonchev–Trinajstić information content (AvgIpc) is 2.92. The van der Waals surface area contributed by atoms with Gasteiger partial charge in [0, 0.05) is 44.8 Å². The van der Waals surface area contributed by atoms with E-state index in [1.54, 1.807) is 0 Å². The molecule has 2 fully saturated rings. The predicted molar refractivity (Wildman–Crippen MR) is 146 cm³/mol. The number of benzene rings is 2.